The number of nitrogens with one attached hydrogen (secondary N) is 1. The van der Waals surface area contributed by atoms with E-state index < -0.39 is 5.97 Å². The third-order valence-corrected chi connectivity index (χ3v) is 5.03. The second-order valence-corrected chi connectivity index (χ2v) is 7.20. The monoisotopic (exact) mass is 408 g/mol. The highest BCUT2D eigenvalue weighted by molar-refractivity contribution is 5.94. The lowest BCUT2D eigenvalue weighted by atomic mass is 10.1. The van der Waals surface area contributed by atoms with E-state index in [4.69, 9.17) is 14.2 Å². The van der Waals surface area contributed by atoms with E-state index in [9.17, 15) is 9.59 Å². The fourth-order valence-electron chi connectivity index (χ4n) is 3.47. The van der Waals surface area contributed by atoms with Crippen LogP contribution >= 0.6 is 0 Å². The Morgan fingerprint density at radius 1 is 1.00 bits per heavy atom. The second kappa shape index (κ2) is 9.35. The van der Waals surface area contributed by atoms with Gasteiger partial charge in [-0.3, -0.25) is 4.79 Å². The van der Waals surface area contributed by atoms with Crippen molar-refractivity contribution < 1.29 is 23.8 Å². The molecule has 0 aliphatic carbocycles. The maximum Gasteiger partial charge on any atom is 0.331 e. The number of nitrogens with zero attached hydrogens (tertiary/aromatic N) is 1. The van der Waals surface area contributed by atoms with Gasteiger partial charge in [-0.15, -0.1) is 0 Å². The average Bonchev–Trinajstić information content (AvgIpc) is 3.25. The molecule has 0 bridgehead atoms. The third-order valence-electron chi connectivity index (χ3n) is 5.03. The molecular weight excluding hydrogens is 384 g/mol. The molecule has 0 unspecified atom stereocenters. The highest BCUT2D eigenvalue weighted by Gasteiger charge is 2.13. The molecule has 1 N–H and O–H groups in total. The van der Waals surface area contributed by atoms with Crippen LogP contribution in [0.25, 0.3) is 6.08 Å². The van der Waals surface area contributed by atoms with Crippen LogP contribution in [0.15, 0.2) is 48.5 Å². The highest BCUT2D eigenvalue weighted by atomic mass is 16.7. The molecule has 0 saturated carbocycles. The quantitative estimate of drug-likeness (QED) is 0.581. The fraction of sp³-hybridized carbons (Fsp3) is 0.304. The van der Waals surface area contributed by atoms with Crippen molar-refractivity contribution in [1.29, 1.82) is 0 Å². The van der Waals surface area contributed by atoms with Crippen LogP contribution in [-0.4, -0.2) is 38.4 Å². The van der Waals surface area contributed by atoms with Gasteiger partial charge in [0.2, 0.25) is 6.79 Å². The number of amides is 1. The van der Waals surface area contributed by atoms with Gasteiger partial charge in [-0.25, -0.2) is 4.79 Å². The summed E-state index contributed by atoms with van der Waals surface area (Å²) in [5.41, 5.74) is 2.61. The number of esters is 1. The number of rotatable bonds is 6. The van der Waals surface area contributed by atoms with Crippen molar-refractivity contribution in [1.82, 2.24) is 0 Å². The third kappa shape index (κ3) is 5.11. The number of ether oxygens (including phenoxy) is 3. The molecule has 1 fully saturated rings. The van der Waals surface area contributed by atoms with Crippen molar-refractivity contribution in [3.05, 3.63) is 54.1 Å². The largest absolute Gasteiger partial charge is 0.454 e. The van der Waals surface area contributed by atoms with Crippen LogP contribution in [-0.2, 0) is 14.3 Å². The molecule has 4 rings (SSSR count). The average molecular weight is 408 g/mol. The molecule has 1 amide bonds. The molecule has 2 aliphatic heterocycles. The summed E-state index contributed by atoms with van der Waals surface area (Å²) in [6, 6.07) is 13.1. The number of anilines is 2. The van der Waals surface area contributed by atoms with Crippen molar-refractivity contribution in [2.45, 2.75) is 19.3 Å². The van der Waals surface area contributed by atoms with Crippen LogP contribution in [0.5, 0.6) is 11.5 Å². The van der Waals surface area contributed by atoms with Crippen LogP contribution in [0.2, 0.25) is 0 Å². The molecular formula is C23H24N2O5. The Labute approximate surface area is 175 Å². The Bertz CT molecular complexity index is 933. The standard InChI is InChI=1S/C23H24N2O5/c26-22(24-18-6-8-19(9-7-18)25-12-2-1-3-13-25)15-28-23(27)11-5-17-4-10-20-21(14-17)30-16-29-20/h4-11,14H,1-3,12-13,15-16H2,(H,24,26). The normalized spacial score (nSPS) is 15.3. The smallest absolute Gasteiger partial charge is 0.331 e. The summed E-state index contributed by atoms with van der Waals surface area (Å²) in [7, 11) is 0. The van der Waals surface area contributed by atoms with E-state index in [-0.39, 0.29) is 19.3 Å². The Kier molecular flexibility index (Phi) is 6.17. The number of fused-ring (bicyclic) bond motifs is 1. The summed E-state index contributed by atoms with van der Waals surface area (Å²) in [6.45, 7) is 1.99. The minimum atomic E-state index is -0.594. The van der Waals surface area contributed by atoms with Crippen LogP contribution < -0.4 is 19.7 Å². The fourth-order valence-corrected chi connectivity index (χ4v) is 3.47. The lowest BCUT2D eigenvalue weighted by molar-refractivity contribution is -0.142. The summed E-state index contributed by atoms with van der Waals surface area (Å²) in [5, 5.41) is 2.74. The first-order valence-corrected chi connectivity index (χ1v) is 10.1. The number of carbonyl (C=O) groups excluding carboxylic acids is 2. The molecule has 0 atom stereocenters. The molecule has 7 heteroatoms. The first-order chi connectivity index (χ1) is 14.7. The zero-order valence-corrected chi connectivity index (χ0v) is 16.6. The van der Waals surface area contributed by atoms with Crippen molar-refractivity contribution >= 4 is 29.3 Å². The van der Waals surface area contributed by atoms with Gasteiger partial charge in [-0.2, -0.15) is 0 Å². The van der Waals surface area contributed by atoms with Gasteiger partial charge in [0.05, 0.1) is 0 Å². The van der Waals surface area contributed by atoms with Gasteiger partial charge in [0.25, 0.3) is 5.91 Å². The summed E-state index contributed by atoms with van der Waals surface area (Å²) < 4.78 is 15.5. The van der Waals surface area contributed by atoms with Crippen LogP contribution in [0.3, 0.4) is 0 Å². The predicted molar refractivity (Wildman–Crippen MR) is 114 cm³/mol. The zero-order chi connectivity index (χ0) is 20.8. The minimum Gasteiger partial charge on any atom is -0.454 e. The van der Waals surface area contributed by atoms with Crippen LogP contribution in [0.4, 0.5) is 11.4 Å². The van der Waals surface area contributed by atoms with Gasteiger partial charge < -0.3 is 24.4 Å². The van der Waals surface area contributed by atoms with E-state index in [1.54, 1.807) is 24.3 Å². The summed E-state index contributed by atoms with van der Waals surface area (Å²) >= 11 is 0. The van der Waals surface area contributed by atoms with E-state index in [1.165, 1.54) is 25.3 Å². The SMILES string of the molecule is O=C(COC(=O)C=Cc1ccc2c(c1)OCO2)Nc1ccc(N2CCCCC2)cc1. The second-order valence-electron chi connectivity index (χ2n) is 7.20. The number of hydrogen-bond acceptors (Lipinski definition) is 6. The van der Waals surface area contributed by atoms with Gasteiger partial charge >= 0.3 is 5.97 Å². The first kappa shape index (κ1) is 19.8. The molecule has 1 saturated heterocycles. The Morgan fingerprint density at radius 3 is 2.57 bits per heavy atom. The van der Waals surface area contributed by atoms with Crippen molar-refractivity contribution in [3.8, 4) is 11.5 Å². The Balaban J connectivity index is 1.22. The van der Waals surface area contributed by atoms with Crippen molar-refractivity contribution in [3.63, 3.8) is 0 Å². The molecule has 0 radical (unpaired) electrons. The maximum atomic E-state index is 12.1. The summed E-state index contributed by atoms with van der Waals surface area (Å²) in [4.78, 5) is 26.3. The molecule has 30 heavy (non-hydrogen) atoms. The Hall–Kier alpha value is -3.48. The summed E-state index contributed by atoms with van der Waals surface area (Å²) in [5.74, 6) is 0.334. The molecule has 0 aromatic heterocycles. The number of piperidine rings is 1. The maximum absolute atomic E-state index is 12.1. The highest BCUT2D eigenvalue weighted by Crippen LogP contribution is 2.32. The molecule has 0 spiro atoms. The van der Waals surface area contributed by atoms with Gasteiger partial charge in [0.15, 0.2) is 18.1 Å². The van der Waals surface area contributed by atoms with E-state index in [2.05, 4.69) is 10.2 Å². The minimum absolute atomic E-state index is 0.195. The molecule has 2 aromatic rings. The van der Waals surface area contributed by atoms with Crippen LogP contribution in [0.1, 0.15) is 24.8 Å². The van der Waals surface area contributed by atoms with E-state index in [0.717, 1.165) is 24.3 Å². The van der Waals surface area contributed by atoms with E-state index >= 15 is 0 Å². The Morgan fingerprint density at radius 2 is 1.77 bits per heavy atom. The van der Waals surface area contributed by atoms with Gasteiger partial charge in [-0.05, 0) is 67.3 Å². The molecule has 2 aliphatic rings. The predicted octanol–water partition coefficient (Wildman–Crippen LogP) is 3.60. The number of benzene rings is 2. The number of hydrogen-bond donors (Lipinski definition) is 1. The van der Waals surface area contributed by atoms with Crippen LogP contribution in [0, 0.1) is 0 Å². The zero-order valence-electron chi connectivity index (χ0n) is 16.6. The van der Waals surface area contributed by atoms with E-state index in [0.29, 0.717) is 17.2 Å². The molecule has 156 valence electrons. The molecule has 7 nitrogen and oxygen atoms in total. The van der Waals surface area contributed by atoms with Crippen molar-refractivity contribution in [2.24, 2.45) is 0 Å². The van der Waals surface area contributed by atoms with Crippen molar-refractivity contribution in [2.75, 3.05) is 36.7 Å². The van der Waals surface area contributed by atoms with Gasteiger partial charge in [0.1, 0.15) is 0 Å². The topological polar surface area (TPSA) is 77.1 Å². The molecule has 2 heterocycles. The van der Waals surface area contributed by atoms with Gasteiger partial charge in [0, 0.05) is 30.5 Å². The molecule has 2 aromatic carbocycles. The first-order valence-electron chi connectivity index (χ1n) is 10.1. The lowest BCUT2D eigenvalue weighted by Gasteiger charge is -2.28. The summed E-state index contributed by atoms with van der Waals surface area (Å²) in [6.07, 6.45) is 6.59. The van der Waals surface area contributed by atoms with E-state index in [1.807, 2.05) is 24.3 Å². The number of carbonyl (C=O) groups is 2. The van der Waals surface area contributed by atoms with Gasteiger partial charge in [-0.1, -0.05) is 6.07 Å². The lowest BCUT2D eigenvalue weighted by Crippen LogP contribution is -2.29.